The third-order valence-corrected chi connectivity index (χ3v) is 4.03. The molecule has 1 atom stereocenters. The van der Waals surface area contributed by atoms with Gasteiger partial charge in [0.2, 0.25) is 0 Å². The number of nitrogens with one attached hydrogen (secondary N) is 1. The average molecular weight is 235 g/mol. The predicted octanol–water partition coefficient (Wildman–Crippen LogP) is 4.21. The highest BCUT2D eigenvalue weighted by Crippen LogP contribution is 2.35. The summed E-state index contributed by atoms with van der Waals surface area (Å²) in [4.78, 5) is 0. The smallest absolute Gasteiger partial charge is 0.105 e. The summed E-state index contributed by atoms with van der Waals surface area (Å²) < 4.78 is 5.47. The largest absolute Gasteiger partial charge is 0.469 e. The molecule has 0 radical (unpaired) electrons. The van der Waals surface area contributed by atoms with Crippen LogP contribution in [0.5, 0.6) is 0 Å². The van der Waals surface area contributed by atoms with Crippen molar-refractivity contribution in [2.24, 2.45) is 5.92 Å². The zero-order valence-corrected chi connectivity index (χ0v) is 11.2. The van der Waals surface area contributed by atoms with Crippen LogP contribution in [0.3, 0.4) is 0 Å². The number of furan rings is 1. The molecule has 1 aromatic rings. The molecule has 1 fully saturated rings. The van der Waals surface area contributed by atoms with Crippen molar-refractivity contribution >= 4 is 0 Å². The monoisotopic (exact) mass is 235 g/mol. The minimum Gasteiger partial charge on any atom is -0.469 e. The number of hydrogen-bond donors (Lipinski definition) is 1. The molecule has 2 heteroatoms. The third-order valence-electron chi connectivity index (χ3n) is 4.03. The molecule has 0 saturated heterocycles. The Morgan fingerprint density at radius 1 is 1.29 bits per heavy atom. The van der Waals surface area contributed by atoms with Crippen LogP contribution in [-0.4, -0.2) is 6.54 Å². The molecule has 1 aliphatic rings. The number of aryl methyl sites for hydroxylation is 1. The van der Waals surface area contributed by atoms with Crippen LogP contribution in [0.2, 0.25) is 0 Å². The molecule has 1 heterocycles. The molecule has 0 amide bonds. The Hall–Kier alpha value is -0.760. The lowest BCUT2D eigenvalue weighted by molar-refractivity contribution is 0.326. The minimum absolute atomic E-state index is 0.497. The first-order valence-electron chi connectivity index (χ1n) is 7.10. The summed E-state index contributed by atoms with van der Waals surface area (Å²) in [6.45, 7) is 5.31. The molecular weight excluding hydrogens is 210 g/mol. The van der Waals surface area contributed by atoms with E-state index in [1.165, 1.54) is 44.1 Å². The summed E-state index contributed by atoms with van der Waals surface area (Å²) in [5.74, 6) is 1.87. The standard InChI is InChI=1S/C15H25NO/c1-3-16-15(14-10-11-17-12(14)2)13-8-6-4-5-7-9-13/h10-11,13,15-16H,3-9H2,1-2H3. The van der Waals surface area contributed by atoms with E-state index < -0.39 is 0 Å². The summed E-state index contributed by atoms with van der Waals surface area (Å²) >= 11 is 0. The van der Waals surface area contributed by atoms with Gasteiger partial charge >= 0.3 is 0 Å². The Balaban J connectivity index is 2.13. The Labute approximate surface area is 105 Å². The molecule has 17 heavy (non-hydrogen) atoms. The highest BCUT2D eigenvalue weighted by molar-refractivity contribution is 5.21. The van der Waals surface area contributed by atoms with E-state index in [4.69, 9.17) is 4.42 Å². The normalized spacial score (nSPS) is 20.1. The molecule has 2 nitrogen and oxygen atoms in total. The Morgan fingerprint density at radius 2 is 2.00 bits per heavy atom. The molecule has 2 rings (SSSR count). The molecular formula is C15H25NO. The summed E-state index contributed by atoms with van der Waals surface area (Å²) in [7, 11) is 0. The molecule has 0 bridgehead atoms. The Bertz CT molecular complexity index is 323. The topological polar surface area (TPSA) is 25.2 Å². The van der Waals surface area contributed by atoms with E-state index in [0.29, 0.717) is 6.04 Å². The van der Waals surface area contributed by atoms with Gasteiger partial charge in [-0.1, -0.05) is 32.6 Å². The van der Waals surface area contributed by atoms with Crippen LogP contribution in [0, 0.1) is 12.8 Å². The first kappa shape index (κ1) is 12.7. The number of hydrogen-bond acceptors (Lipinski definition) is 2. The van der Waals surface area contributed by atoms with E-state index in [9.17, 15) is 0 Å². The molecule has 1 unspecified atom stereocenters. The highest BCUT2D eigenvalue weighted by atomic mass is 16.3. The van der Waals surface area contributed by atoms with E-state index in [-0.39, 0.29) is 0 Å². The van der Waals surface area contributed by atoms with E-state index in [0.717, 1.165) is 18.2 Å². The second kappa shape index (κ2) is 6.25. The van der Waals surface area contributed by atoms with Crippen LogP contribution in [0.1, 0.15) is 62.8 Å². The average Bonchev–Trinajstić information content (AvgIpc) is 2.60. The summed E-state index contributed by atoms with van der Waals surface area (Å²) in [5.41, 5.74) is 1.37. The van der Waals surface area contributed by atoms with Crippen LogP contribution in [0.4, 0.5) is 0 Å². The molecule has 1 N–H and O–H groups in total. The number of rotatable bonds is 4. The molecule has 1 saturated carbocycles. The van der Waals surface area contributed by atoms with Gasteiger partial charge < -0.3 is 9.73 Å². The van der Waals surface area contributed by atoms with Gasteiger partial charge in [-0.2, -0.15) is 0 Å². The summed E-state index contributed by atoms with van der Waals surface area (Å²) in [5, 5.41) is 3.66. The van der Waals surface area contributed by atoms with Gasteiger partial charge in [-0.05, 0) is 38.3 Å². The van der Waals surface area contributed by atoms with Crippen molar-refractivity contribution in [2.75, 3.05) is 6.54 Å². The lowest BCUT2D eigenvalue weighted by Crippen LogP contribution is -2.28. The highest BCUT2D eigenvalue weighted by Gasteiger charge is 2.25. The van der Waals surface area contributed by atoms with Crippen LogP contribution in [0.25, 0.3) is 0 Å². The van der Waals surface area contributed by atoms with E-state index >= 15 is 0 Å². The van der Waals surface area contributed by atoms with Crippen molar-refractivity contribution < 1.29 is 4.42 Å². The van der Waals surface area contributed by atoms with Crippen LogP contribution in [-0.2, 0) is 0 Å². The molecule has 96 valence electrons. The third kappa shape index (κ3) is 3.12. The molecule has 1 aliphatic carbocycles. The van der Waals surface area contributed by atoms with Gasteiger partial charge in [0.25, 0.3) is 0 Å². The quantitative estimate of drug-likeness (QED) is 0.791. The lowest BCUT2D eigenvalue weighted by Gasteiger charge is -2.26. The van der Waals surface area contributed by atoms with Gasteiger partial charge in [-0.25, -0.2) is 0 Å². The second-order valence-electron chi connectivity index (χ2n) is 5.22. The van der Waals surface area contributed by atoms with E-state index in [1.807, 2.05) is 6.26 Å². The fourth-order valence-electron chi connectivity index (χ4n) is 3.11. The fraction of sp³-hybridized carbons (Fsp3) is 0.733. The van der Waals surface area contributed by atoms with Crippen molar-refractivity contribution in [3.05, 3.63) is 23.7 Å². The van der Waals surface area contributed by atoms with E-state index in [2.05, 4.69) is 25.2 Å². The van der Waals surface area contributed by atoms with Crippen molar-refractivity contribution in [2.45, 2.75) is 58.4 Å². The Kier molecular flexibility index (Phi) is 4.66. The van der Waals surface area contributed by atoms with Gasteiger partial charge in [0.15, 0.2) is 0 Å². The summed E-state index contributed by atoms with van der Waals surface area (Å²) in [6.07, 6.45) is 10.2. The first-order chi connectivity index (χ1) is 8.33. The molecule has 1 aromatic heterocycles. The molecule has 0 aliphatic heterocycles. The van der Waals surface area contributed by atoms with Gasteiger partial charge in [0.05, 0.1) is 6.26 Å². The molecule has 0 aromatic carbocycles. The first-order valence-corrected chi connectivity index (χ1v) is 7.10. The van der Waals surface area contributed by atoms with Crippen molar-refractivity contribution in [1.82, 2.24) is 5.32 Å². The maximum Gasteiger partial charge on any atom is 0.105 e. The zero-order valence-electron chi connectivity index (χ0n) is 11.2. The lowest BCUT2D eigenvalue weighted by atomic mass is 9.87. The minimum atomic E-state index is 0.497. The van der Waals surface area contributed by atoms with Crippen molar-refractivity contribution in [3.63, 3.8) is 0 Å². The summed E-state index contributed by atoms with van der Waals surface area (Å²) in [6, 6.07) is 2.64. The fourth-order valence-corrected chi connectivity index (χ4v) is 3.11. The van der Waals surface area contributed by atoms with Gasteiger partial charge in [-0.15, -0.1) is 0 Å². The van der Waals surface area contributed by atoms with Crippen molar-refractivity contribution in [1.29, 1.82) is 0 Å². The van der Waals surface area contributed by atoms with Gasteiger partial charge in [0.1, 0.15) is 5.76 Å². The predicted molar refractivity (Wildman–Crippen MR) is 71.1 cm³/mol. The maximum atomic E-state index is 5.47. The van der Waals surface area contributed by atoms with Crippen molar-refractivity contribution in [3.8, 4) is 0 Å². The molecule has 0 spiro atoms. The van der Waals surface area contributed by atoms with Crippen LogP contribution < -0.4 is 5.32 Å². The van der Waals surface area contributed by atoms with Crippen LogP contribution in [0.15, 0.2) is 16.7 Å². The second-order valence-corrected chi connectivity index (χ2v) is 5.22. The maximum absolute atomic E-state index is 5.47. The van der Waals surface area contributed by atoms with Gasteiger partial charge in [-0.3, -0.25) is 0 Å². The zero-order chi connectivity index (χ0) is 12.1. The Morgan fingerprint density at radius 3 is 2.53 bits per heavy atom. The SMILES string of the molecule is CCNC(c1ccoc1C)C1CCCCCC1. The van der Waals surface area contributed by atoms with Crippen LogP contribution >= 0.6 is 0 Å². The van der Waals surface area contributed by atoms with E-state index in [1.54, 1.807) is 0 Å². The van der Waals surface area contributed by atoms with Gasteiger partial charge in [0, 0.05) is 11.6 Å².